The molecule has 5 rings (SSSR count). The lowest BCUT2D eigenvalue weighted by molar-refractivity contribution is -0.150. The highest BCUT2D eigenvalue weighted by atomic mass is 16.5. The van der Waals surface area contributed by atoms with Crippen LogP contribution in [0.1, 0.15) is 6.42 Å². The Kier molecular flexibility index (Phi) is 6.53. The summed E-state index contributed by atoms with van der Waals surface area (Å²) in [7, 11) is 1.61. The maximum Gasteiger partial charge on any atom is 0.248 e. The van der Waals surface area contributed by atoms with Crippen LogP contribution in [0.25, 0.3) is 21.8 Å². The summed E-state index contributed by atoms with van der Waals surface area (Å²) in [6.45, 7) is 1.99. The summed E-state index contributed by atoms with van der Waals surface area (Å²) < 4.78 is 23.1. The zero-order valence-corrected chi connectivity index (χ0v) is 19.2. The van der Waals surface area contributed by atoms with E-state index < -0.39 is 0 Å². The molecular formula is C27H28N2O5. The topological polar surface area (TPSA) is 73.0 Å². The average Bonchev–Trinajstić information content (AvgIpc) is 3.25. The number of aromatic nitrogens is 1. The highest BCUT2D eigenvalue weighted by Crippen LogP contribution is 2.33. The first-order chi connectivity index (χ1) is 16.7. The number of rotatable bonds is 9. The van der Waals surface area contributed by atoms with Gasteiger partial charge in [-0.15, -0.1) is 0 Å². The normalized spacial score (nSPS) is 16.2. The lowest BCUT2D eigenvalue weighted by atomic mass is 10.1. The molecule has 1 unspecified atom stereocenters. The van der Waals surface area contributed by atoms with Crippen molar-refractivity contribution in [3.63, 3.8) is 0 Å². The van der Waals surface area contributed by atoms with Crippen LogP contribution in [0.15, 0.2) is 66.7 Å². The van der Waals surface area contributed by atoms with Crippen molar-refractivity contribution in [1.82, 2.24) is 9.88 Å². The van der Waals surface area contributed by atoms with Crippen LogP contribution in [-0.4, -0.2) is 61.9 Å². The van der Waals surface area contributed by atoms with Gasteiger partial charge in [0.15, 0.2) is 11.5 Å². The van der Waals surface area contributed by atoms with Crippen molar-refractivity contribution in [1.29, 1.82) is 0 Å². The average molecular weight is 461 g/mol. The Balaban J connectivity index is 1.16. The summed E-state index contributed by atoms with van der Waals surface area (Å²) >= 11 is 0. The Bertz CT molecular complexity index is 1280. The van der Waals surface area contributed by atoms with Crippen LogP contribution < -0.4 is 14.2 Å². The molecule has 3 aromatic carbocycles. The van der Waals surface area contributed by atoms with E-state index in [-0.39, 0.29) is 18.6 Å². The smallest absolute Gasteiger partial charge is 0.248 e. The standard InChI is InChI=1S/C27H28N2O5/c1-31-23-10-4-5-11-24(23)33-16-14-29-17-19(34-18-26(29)30)13-15-32-25-12-6-9-22-27(25)20-7-2-3-8-21(20)28-22/h2-12,19,28H,13-18H2,1H3. The van der Waals surface area contributed by atoms with Crippen LogP contribution in [0.4, 0.5) is 0 Å². The second-order valence-corrected chi connectivity index (χ2v) is 8.26. The number of para-hydroxylation sites is 3. The van der Waals surface area contributed by atoms with Gasteiger partial charge in [-0.05, 0) is 30.3 Å². The van der Waals surface area contributed by atoms with Crippen molar-refractivity contribution in [2.45, 2.75) is 12.5 Å². The number of ether oxygens (including phenoxy) is 4. The Labute approximate surface area is 198 Å². The predicted molar refractivity (Wildman–Crippen MR) is 131 cm³/mol. The van der Waals surface area contributed by atoms with Crippen LogP contribution in [0.5, 0.6) is 17.2 Å². The molecular weight excluding hydrogens is 432 g/mol. The molecule has 176 valence electrons. The zero-order valence-electron chi connectivity index (χ0n) is 19.2. The first-order valence-corrected chi connectivity index (χ1v) is 11.5. The van der Waals surface area contributed by atoms with Gasteiger partial charge in [-0.25, -0.2) is 0 Å². The first kappa shape index (κ1) is 22.1. The molecule has 1 saturated heterocycles. The second-order valence-electron chi connectivity index (χ2n) is 8.26. The third-order valence-electron chi connectivity index (χ3n) is 6.10. The summed E-state index contributed by atoms with van der Waals surface area (Å²) in [6, 6.07) is 21.8. The largest absolute Gasteiger partial charge is 0.493 e. The molecule has 34 heavy (non-hydrogen) atoms. The molecule has 1 aliphatic rings. The molecule has 4 aromatic rings. The van der Waals surface area contributed by atoms with E-state index in [0.717, 1.165) is 27.6 Å². The predicted octanol–water partition coefficient (Wildman–Crippen LogP) is 4.41. The summed E-state index contributed by atoms with van der Waals surface area (Å²) in [5, 5.41) is 2.24. The van der Waals surface area contributed by atoms with Gasteiger partial charge >= 0.3 is 0 Å². The molecule has 1 aliphatic heterocycles. The fraction of sp³-hybridized carbons (Fsp3) is 0.296. The summed E-state index contributed by atoms with van der Waals surface area (Å²) in [5.41, 5.74) is 2.15. The minimum Gasteiger partial charge on any atom is -0.493 e. The van der Waals surface area contributed by atoms with Crippen molar-refractivity contribution >= 4 is 27.7 Å². The van der Waals surface area contributed by atoms with Crippen molar-refractivity contribution < 1.29 is 23.7 Å². The molecule has 1 aromatic heterocycles. The first-order valence-electron chi connectivity index (χ1n) is 11.5. The Morgan fingerprint density at radius 2 is 1.65 bits per heavy atom. The van der Waals surface area contributed by atoms with E-state index in [1.807, 2.05) is 48.5 Å². The number of carbonyl (C=O) groups is 1. The quantitative estimate of drug-likeness (QED) is 0.401. The number of fused-ring (bicyclic) bond motifs is 3. The molecule has 7 heteroatoms. The van der Waals surface area contributed by atoms with Gasteiger partial charge in [0.2, 0.25) is 5.91 Å². The van der Waals surface area contributed by atoms with Gasteiger partial charge in [0, 0.05) is 29.3 Å². The number of benzene rings is 3. The van der Waals surface area contributed by atoms with Gasteiger partial charge in [-0.3, -0.25) is 4.79 Å². The van der Waals surface area contributed by atoms with Gasteiger partial charge in [0.05, 0.1) is 31.9 Å². The molecule has 1 fully saturated rings. The third-order valence-corrected chi connectivity index (χ3v) is 6.10. The molecule has 0 bridgehead atoms. The van der Waals surface area contributed by atoms with Gasteiger partial charge in [0.25, 0.3) is 0 Å². The summed E-state index contributed by atoms with van der Waals surface area (Å²) in [6.07, 6.45) is 0.613. The number of morpholine rings is 1. The minimum atomic E-state index is -0.0777. The molecule has 0 spiro atoms. The summed E-state index contributed by atoms with van der Waals surface area (Å²) in [4.78, 5) is 17.6. The van der Waals surface area contributed by atoms with E-state index in [2.05, 4.69) is 23.2 Å². The monoisotopic (exact) mass is 460 g/mol. The highest BCUT2D eigenvalue weighted by molar-refractivity contribution is 6.10. The van der Waals surface area contributed by atoms with Crippen molar-refractivity contribution in [3.05, 3.63) is 66.7 Å². The third kappa shape index (κ3) is 4.65. The van der Waals surface area contributed by atoms with Gasteiger partial charge in [-0.2, -0.15) is 0 Å². The Hall–Kier alpha value is -3.71. The molecule has 1 N–H and O–H groups in total. The van der Waals surface area contributed by atoms with Crippen LogP contribution in [0, 0.1) is 0 Å². The number of hydrogen-bond donors (Lipinski definition) is 1. The molecule has 2 heterocycles. The number of H-pyrrole nitrogens is 1. The van der Waals surface area contributed by atoms with Crippen molar-refractivity contribution in [2.75, 3.05) is 40.0 Å². The molecule has 1 atom stereocenters. The number of nitrogens with zero attached hydrogens (tertiary/aromatic N) is 1. The number of amides is 1. The van der Waals surface area contributed by atoms with E-state index in [4.69, 9.17) is 18.9 Å². The number of nitrogens with one attached hydrogen (secondary N) is 1. The lowest BCUT2D eigenvalue weighted by Crippen LogP contribution is -2.48. The fourth-order valence-electron chi connectivity index (χ4n) is 4.36. The Morgan fingerprint density at radius 1 is 0.912 bits per heavy atom. The number of carbonyl (C=O) groups excluding carboxylic acids is 1. The van der Waals surface area contributed by atoms with Crippen molar-refractivity contribution in [2.24, 2.45) is 0 Å². The van der Waals surface area contributed by atoms with E-state index in [1.165, 1.54) is 0 Å². The van der Waals surface area contributed by atoms with Crippen molar-refractivity contribution in [3.8, 4) is 17.2 Å². The number of aromatic amines is 1. The van der Waals surface area contributed by atoms with E-state index in [9.17, 15) is 4.79 Å². The SMILES string of the molecule is COc1ccccc1OCCN1CC(CCOc2cccc3[nH]c4ccccc4c23)OCC1=O. The van der Waals surface area contributed by atoms with Gasteiger partial charge in [0.1, 0.15) is 19.0 Å². The Morgan fingerprint density at radius 3 is 2.53 bits per heavy atom. The van der Waals surface area contributed by atoms with Gasteiger partial charge in [-0.1, -0.05) is 36.4 Å². The lowest BCUT2D eigenvalue weighted by Gasteiger charge is -2.32. The molecule has 1 amide bonds. The van der Waals surface area contributed by atoms with E-state index in [0.29, 0.717) is 44.2 Å². The van der Waals surface area contributed by atoms with Crippen LogP contribution in [0.3, 0.4) is 0 Å². The summed E-state index contributed by atoms with van der Waals surface area (Å²) in [5.74, 6) is 2.17. The van der Waals surface area contributed by atoms with E-state index >= 15 is 0 Å². The number of hydrogen-bond acceptors (Lipinski definition) is 5. The molecule has 0 saturated carbocycles. The second kappa shape index (κ2) is 10.1. The maximum atomic E-state index is 12.3. The van der Waals surface area contributed by atoms with Crippen LogP contribution in [-0.2, 0) is 9.53 Å². The molecule has 0 aliphatic carbocycles. The molecule has 7 nitrogen and oxygen atoms in total. The van der Waals surface area contributed by atoms with Crippen LogP contribution >= 0.6 is 0 Å². The van der Waals surface area contributed by atoms with E-state index in [1.54, 1.807) is 12.0 Å². The van der Waals surface area contributed by atoms with Crippen LogP contribution in [0.2, 0.25) is 0 Å². The highest BCUT2D eigenvalue weighted by Gasteiger charge is 2.26. The number of methoxy groups -OCH3 is 1. The van der Waals surface area contributed by atoms with Gasteiger partial charge < -0.3 is 28.8 Å². The minimum absolute atomic E-state index is 0.0237. The zero-order chi connectivity index (χ0) is 23.3. The molecule has 0 radical (unpaired) electrons. The fourth-order valence-corrected chi connectivity index (χ4v) is 4.36. The maximum absolute atomic E-state index is 12.3.